The summed E-state index contributed by atoms with van der Waals surface area (Å²) in [7, 11) is 6.01. The largest absolute Gasteiger partial charge is 0.390 e. The quantitative estimate of drug-likeness (QED) is 0.639. The highest BCUT2D eigenvalue weighted by atomic mass is 127. The van der Waals surface area contributed by atoms with Gasteiger partial charge in [-0.1, -0.05) is 35.8 Å². The number of hydrogen-bond donors (Lipinski definition) is 1. The van der Waals surface area contributed by atoms with Crippen molar-refractivity contribution in [2.45, 2.75) is 31.5 Å². The van der Waals surface area contributed by atoms with Crippen LogP contribution in [-0.2, 0) is 8.67 Å². The van der Waals surface area contributed by atoms with Gasteiger partial charge in [0.1, 0.15) is 36.7 Å². The van der Waals surface area contributed by atoms with Crippen molar-refractivity contribution in [1.82, 2.24) is 0 Å². The minimum absolute atomic E-state index is 0.339. The number of hydrogen-bond acceptors (Lipinski definition) is 2. The predicted molar refractivity (Wildman–Crippen MR) is 86.8 cm³/mol. The Morgan fingerprint density at radius 3 is 2.55 bits per heavy atom. The number of aliphatic hydroxyl groups is 1. The van der Waals surface area contributed by atoms with E-state index in [0.717, 1.165) is 0 Å². The third-order valence-corrected chi connectivity index (χ3v) is 4.26. The third kappa shape index (κ3) is 2.58. The van der Waals surface area contributed by atoms with Gasteiger partial charge in [-0.2, -0.15) is 0 Å². The lowest BCUT2D eigenvalue weighted by Crippen LogP contribution is -2.44. The molecule has 1 aliphatic carbocycles. The van der Waals surface area contributed by atoms with Crippen LogP contribution in [0.15, 0.2) is 47.8 Å². The van der Waals surface area contributed by atoms with Crippen LogP contribution in [0.1, 0.15) is 25.3 Å². The van der Waals surface area contributed by atoms with Gasteiger partial charge in [-0.05, 0) is 31.4 Å². The highest BCUT2D eigenvalue weighted by molar-refractivity contribution is 14.1. The lowest BCUT2D eigenvalue weighted by atomic mass is 9.74. The summed E-state index contributed by atoms with van der Waals surface area (Å²) < 4.78 is 19.8. The van der Waals surface area contributed by atoms with Gasteiger partial charge >= 0.3 is 0 Å². The Morgan fingerprint density at radius 1 is 1.35 bits per heavy atom. The van der Waals surface area contributed by atoms with Crippen molar-refractivity contribution in [3.05, 3.63) is 53.4 Å². The molecule has 1 N–H and O–H groups in total. The maximum Gasteiger partial charge on any atom is 0.158 e. The summed E-state index contributed by atoms with van der Waals surface area (Å²) >= 11 is 1.70. The highest BCUT2D eigenvalue weighted by Gasteiger charge is 2.45. The summed E-state index contributed by atoms with van der Waals surface area (Å²) in [4.78, 5) is 0. The molecule has 104 valence electrons. The van der Waals surface area contributed by atoms with Gasteiger partial charge in [0.2, 0.25) is 0 Å². The molecule has 0 fully saturated rings. The zero-order valence-corrected chi connectivity index (χ0v) is 13.3. The first-order valence-electron chi connectivity index (χ1n) is 6.43. The topological polar surface area (TPSA) is 29.5 Å². The van der Waals surface area contributed by atoms with Crippen molar-refractivity contribution < 1.29 is 12.6 Å². The lowest BCUT2D eigenvalue weighted by molar-refractivity contribution is 0.00813. The molecule has 20 heavy (non-hydrogen) atoms. The van der Waals surface area contributed by atoms with Crippen LogP contribution in [0.2, 0.25) is 0 Å². The number of benzene rings is 1. The van der Waals surface area contributed by atoms with E-state index in [1.807, 2.05) is 0 Å². The first kappa shape index (κ1) is 15.7. The maximum absolute atomic E-state index is 14.3. The molecule has 1 aromatic carbocycles. The monoisotopic (exact) mass is 384 g/mol. The second-order valence-corrected chi connectivity index (χ2v) is 5.26. The molecule has 5 heteroatoms. The van der Waals surface area contributed by atoms with E-state index >= 15 is 0 Å². The molecule has 2 rings (SSSR count). The van der Waals surface area contributed by atoms with E-state index in [1.165, 1.54) is 6.08 Å². The predicted octanol–water partition coefficient (Wildman–Crippen LogP) is 3.00. The average molecular weight is 384 g/mol. The van der Waals surface area contributed by atoms with Crippen LogP contribution in [0.3, 0.4) is 0 Å². The van der Waals surface area contributed by atoms with E-state index in [4.69, 9.17) is 10.9 Å². The SMILES string of the molecule is [B]c1ccccc1C(OI)(C1=CCCC=C1F)C(C)O. The molecule has 0 bridgehead atoms. The van der Waals surface area contributed by atoms with Crippen LogP contribution in [0.25, 0.3) is 0 Å². The van der Waals surface area contributed by atoms with E-state index in [1.54, 1.807) is 60.3 Å². The van der Waals surface area contributed by atoms with Gasteiger partial charge in [0.15, 0.2) is 5.60 Å². The number of rotatable bonds is 4. The number of allylic oxidation sites excluding steroid dienone is 2. The second kappa shape index (κ2) is 6.41. The molecule has 0 amide bonds. The average Bonchev–Trinajstić information content (AvgIpc) is 2.43. The fraction of sp³-hybridized carbons (Fsp3) is 0.333. The smallest absolute Gasteiger partial charge is 0.158 e. The van der Waals surface area contributed by atoms with Crippen LogP contribution in [-0.4, -0.2) is 19.1 Å². The van der Waals surface area contributed by atoms with Gasteiger partial charge in [0.05, 0.1) is 6.10 Å². The van der Waals surface area contributed by atoms with E-state index in [-0.39, 0.29) is 5.83 Å². The van der Waals surface area contributed by atoms with E-state index in [2.05, 4.69) is 0 Å². The summed E-state index contributed by atoms with van der Waals surface area (Å²) in [5.41, 5.74) is 0.0730. The van der Waals surface area contributed by atoms with Crippen LogP contribution in [0.5, 0.6) is 0 Å². The first-order chi connectivity index (χ1) is 9.54. The van der Waals surface area contributed by atoms with Gasteiger partial charge in [-0.3, -0.25) is 3.07 Å². The molecule has 0 aromatic heterocycles. The van der Waals surface area contributed by atoms with Crippen LogP contribution in [0, 0.1) is 0 Å². The van der Waals surface area contributed by atoms with Crippen molar-refractivity contribution in [1.29, 1.82) is 0 Å². The van der Waals surface area contributed by atoms with Gasteiger partial charge < -0.3 is 5.11 Å². The second-order valence-electron chi connectivity index (χ2n) is 4.82. The molecule has 1 aromatic rings. The summed E-state index contributed by atoms with van der Waals surface area (Å²) in [6.07, 6.45) is 3.70. The summed E-state index contributed by atoms with van der Waals surface area (Å²) in [5.74, 6) is -0.364. The van der Waals surface area contributed by atoms with Crippen molar-refractivity contribution in [2.75, 3.05) is 0 Å². The lowest BCUT2D eigenvalue weighted by Gasteiger charge is -2.38. The summed E-state index contributed by atoms with van der Waals surface area (Å²) in [5, 5.41) is 10.3. The Hall–Kier alpha value is -0.655. The van der Waals surface area contributed by atoms with E-state index < -0.39 is 11.7 Å². The zero-order chi connectivity index (χ0) is 14.8. The zero-order valence-electron chi connectivity index (χ0n) is 11.1. The summed E-state index contributed by atoms with van der Waals surface area (Å²) in [6.45, 7) is 1.58. The standard InChI is InChI=1S/C15H15BFIO2/c1-10(19)15(20-18,11-6-2-4-8-13(11)16)12-7-3-5-9-14(12)17/h2,4,6-10,19H,3,5H2,1H3. The number of aliphatic hydroxyl groups excluding tert-OH is 1. The third-order valence-electron chi connectivity index (χ3n) is 3.57. The fourth-order valence-corrected chi connectivity index (χ4v) is 3.39. The first-order valence-corrected chi connectivity index (χ1v) is 7.31. The summed E-state index contributed by atoms with van der Waals surface area (Å²) in [6, 6.07) is 7.06. The molecule has 0 saturated carbocycles. The Labute approximate surface area is 133 Å². The van der Waals surface area contributed by atoms with Gasteiger partial charge in [-0.25, -0.2) is 4.39 Å². The Bertz CT molecular complexity index is 557. The highest BCUT2D eigenvalue weighted by Crippen LogP contribution is 2.43. The molecule has 2 radical (unpaired) electrons. The van der Waals surface area contributed by atoms with Crippen molar-refractivity contribution >= 4 is 36.3 Å². The molecule has 1 aliphatic rings. The Balaban J connectivity index is 2.66. The molecule has 0 saturated heterocycles. The molecule has 0 heterocycles. The fourth-order valence-electron chi connectivity index (χ4n) is 2.55. The van der Waals surface area contributed by atoms with Crippen molar-refractivity contribution in [2.24, 2.45) is 0 Å². The van der Waals surface area contributed by atoms with E-state index in [0.29, 0.717) is 29.4 Å². The minimum Gasteiger partial charge on any atom is -0.390 e. The Morgan fingerprint density at radius 2 is 2.00 bits per heavy atom. The van der Waals surface area contributed by atoms with Crippen LogP contribution < -0.4 is 5.46 Å². The van der Waals surface area contributed by atoms with Crippen LogP contribution in [0.4, 0.5) is 4.39 Å². The molecule has 0 aliphatic heterocycles. The van der Waals surface area contributed by atoms with E-state index in [9.17, 15) is 9.50 Å². The van der Waals surface area contributed by atoms with Gasteiger partial charge in [-0.15, -0.1) is 0 Å². The van der Waals surface area contributed by atoms with Crippen molar-refractivity contribution in [3.8, 4) is 0 Å². The van der Waals surface area contributed by atoms with Crippen molar-refractivity contribution in [3.63, 3.8) is 0 Å². The maximum atomic E-state index is 14.3. The molecular weight excluding hydrogens is 369 g/mol. The number of halogens is 2. The minimum atomic E-state index is -1.30. The molecular formula is C15H15BFIO2. The molecule has 2 unspecified atom stereocenters. The normalized spacial score (nSPS) is 19.8. The molecule has 0 spiro atoms. The van der Waals surface area contributed by atoms with Gasteiger partial charge in [0, 0.05) is 5.57 Å². The Kier molecular flexibility index (Phi) is 5.04. The molecule has 2 atom stereocenters. The van der Waals surface area contributed by atoms with Gasteiger partial charge in [0.25, 0.3) is 0 Å². The van der Waals surface area contributed by atoms with Crippen LogP contribution >= 0.6 is 23.0 Å². The molecule has 2 nitrogen and oxygen atoms in total.